The summed E-state index contributed by atoms with van der Waals surface area (Å²) >= 11 is 0. The molecule has 0 aromatic heterocycles. The lowest BCUT2D eigenvalue weighted by atomic mass is 10.1. The van der Waals surface area contributed by atoms with Gasteiger partial charge in [0.1, 0.15) is 11.9 Å². The summed E-state index contributed by atoms with van der Waals surface area (Å²) in [6, 6.07) is 16.4. The molecule has 1 fully saturated rings. The van der Waals surface area contributed by atoms with Crippen molar-refractivity contribution in [1.82, 2.24) is 9.21 Å². The fourth-order valence-electron chi connectivity index (χ4n) is 4.00. The normalized spacial score (nSPS) is 19.2. The molecule has 2 aliphatic rings. The number of piperidine rings is 1. The fraction of sp³-hybridized carbons (Fsp3) is 0.375. The second kappa shape index (κ2) is 10.7. The number of nitrogens with zero attached hydrogens (tertiary/aromatic N) is 2. The zero-order valence-electron chi connectivity index (χ0n) is 17.8. The molecule has 0 unspecified atom stereocenters. The van der Waals surface area contributed by atoms with Gasteiger partial charge >= 0.3 is 0 Å². The molecule has 4 rings (SSSR count). The third-order valence-corrected chi connectivity index (χ3v) is 7.49. The van der Waals surface area contributed by atoms with Crippen LogP contribution in [0.4, 0.5) is 0 Å². The molecule has 0 spiro atoms. The Morgan fingerprint density at radius 3 is 2.29 bits per heavy atom. The summed E-state index contributed by atoms with van der Waals surface area (Å²) in [5.41, 5.74) is 0.309. The Kier molecular flexibility index (Phi) is 8.01. The van der Waals surface area contributed by atoms with Crippen LogP contribution in [0.2, 0.25) is 0 Å². The predicted octanol–water partition coefficient (Wildman–Crippen LogP) is 3.61. The number of rotatable bonds is 6. The molecule has 1 saturated heterocycles. The first kappa shape index (κ1) is 23.2. The molecule has 0 atom stereocenters. The van der Waals surface area contributed by atoms with Crippen molar-refractivity contribution in [2.24, 2.45) is 0 Å². The Hall–Kier alpha value is -2.48. The average Bonchev–Trinajstić information content (AvgIpc) is 2.81. The van der Waals surface area contributed by atoms with Crippen LogP contribution in [0.3, 0.4) is 0 Å². The number of fused-ring (bicyclic) bond motifs is 1. The first-order valence-electron chi connectivity index (χ1n) is 10.6. The van der Waals surface area contributed by atoms with Crippen LogP contribution in [0.15, 0.2) is 72.7 Å². The summed E-state index contributed by atoms with van der Waals surface area (Å²) in [5, 5.41) is 0. The van der Waals surface area contributed by atoms with Gasteiger partial charge in [-0.1, -0.05) is 30.3 Å². The summed E-state index contributed by atoms with van der Waals surface area (Å²) in [6.07, 6.45) is 2.86. The van der Waals surface area contributed by atoms with Crippen LogP contribution in [0.5, 0.6) is 5.75 Å². The summed E-state index contributed by atoms with van der Waals surface area (Å²) in [7, 11) is -3.59. The third kappa shape index (κ3) is 5.61. The van der Waals surface area contributed by atoms with E-state index in [-0.39, 0.29) is 23.3 Å². The Bertz CT molecular complexity index is 970. The molecule has 7 heteroatoms. The van der Waals surface area contributed by atoms with E-state index in [1.165, 1.54) is 10.4 Å². The van der Waals surface area contributed by atoms with Crippen molar-refractivity contribution in [2.75, 3.05) is 32.7 Å². The molecular weight excluding hydrogens is 412 g/mol. The van der Waals surface area contributed by atoms with Crippen molar-refractivity contribution >= 4 is 15.8 Å². The Morgan fingerprint density at radius 1 is 0.935 bits per heavy atom. The quantitative estimate of drug-likeness (QED) is 0.640. The monoisotopic (exact) mass is 442 g/mol. The number of sulfonamides is 1. The molecule has 0 amide bonds. The van der Waals surface area contributed by atoms with E-state index < -0.39 is 10.0 Å². The maximum atomic E-state index is 12.8. The van der Waals surface area contributed by atoms with Crippen molar-refractivity contribution in [1.29, 1.82) is 0 Å². The van der Waals surface area contributed by atoms with Crippen molar-refractivity contribution in [3.05, 3.63) is 73.3 Å². The van der Waals surface area contributed by atoms with E-state index in [1.807, 2.05) is 30.3 Å². The first-order chi connectivity index (χ1) is 15.0. The van der Waals surface area contributed by atoms with Gasteiger partial charge in [0.25, 0.3) is 0 Å². The molecule has 2 aromatic rings. The predicted molar refractivity (Wildman–Crippen MR) is 122 cm³/mol. The number of hydrogen-bond donors (Lipinski definition) is 0. The third-order valence-electron chi connectivity index (χ3n) is 5.59. The SMILES string of the molecule is C=C.O=C1CN(CCCN2CCC(Oc3ccccc3)CC2)S(=O)(=O)c2ccccc21. The van der Waals surface area contributed by atoms with Crippen LogP contribution in [0, 0.1) is 0 Å². The van der Waals surface area contributed by atoms with E-state index in [1.54, 1.807) is 18.2 Å². The van der Waals surface area contributed by atoms with Crippen LogP contribution >= 0.6 is 0 Å². The molecule has 2 heterocycles. The second-order valence-electron chi connectivity index (χ2n) is 7.58. The maximum absolute atomic E-state index is 12.8. The van der Waals surface area contributed by atoms with Gasteiger partial charge in [-0.2, -0.15) is 4.31 Å². The Labute approximate surface area is 185 Å². The summed E-state index contributed by atoms with van der Waals surface area (Å²) in [6.45, 7) is 8.99. The largest absolute Gasteiger partial charge is 0.490 e. The van der Waals surface area contributed by atoms with Gasteiger partial charge in [0.05, 0.1) is 11.4 Å². The number of hydrogen-bond acceptors (Lipinski definition) is 5. The molecular formula is C24H30N2O4S. The summed E-state index contributed by atoms with van der Waals surface area (Å²) in [4.78, 5) is 14.8. The Morgan fingerprint density at radius 2 is 1.58 bits per heavy atom. The van der Waals surface area contributed by atoms with Crippen LogP contribution in [-0.4, -0.2) is 62.2 Å². The van der Waals surface area contributed by atoms with Crippen LogP contribution in [-0.2, 0) is 10.0 Å². The van der Waals surface area contributed by atoms with Gasteiger partial charge in [0.2, 0.25) is 10.0 Å². The van der Waals surface area contributed by atoms with Gasteiger partial charge in [-0.15, -0.1) is 13.2 Å². The van der Waals surface area contributed by atoms with E-state index in [9.17, 15) is 13.2 Å². The van der Waals surface area contributed by atoms with E-state index in [2.05, 4.69) is 18.1 Å². The number of ether oxygens (including phenoxy) is 1. The highest BCUT2D eigenvalue weighted by Crippen LogP contribution is 2.26. The number of Topliss-reactive ketones (excluding diaryl/α,β-unsaturated/α-hetero) is 1. The maximum Gasteiger partial charge on any atom is 0.244 e. The average molecular weight is 443 g/mol. The van der Waals surface area contributed by atoms with Gasteiger partial charge < -0.3 is 9.64 Å². The summed E-state index contributed by atoms with van der Waals surface area (Å²) < 4.78 is 32.9. The molecule has 0 radical (unpaired) electrons. The Balaban J connectivity index is 0.00000132. The molecule has 6 nitrogen and oxygen atoms in total. The number of carbonyl (C=O) groups is 1. The minimum absolute atomic E-state index is 0.0632. The van der Waals surface area contributed by atoms with Crippen LogP contribution in [0.1, 0.15) is 29.6 Å². The minimum Gasteiger partial charge on any atom is -0.490 e. The lowest BCUT2D eigenvalue weighted by Gasteiger charge is -2.33. The zero-order chi connectivity index (χ0) is 22.3. The lowest BCUT2D eigenvalue weighted by molar-refractivity contribution is 0.0933. The topological polar surface area (TPSA) is 66.9 Å². The molecule has 0 bridgehead atoms. The molecule has 0 saturated carbocycles. The first-order valence-corrected chi connectivity index (χ1v) is 12.0. The number of benzene rings is 2. The number of carbonyl (C=O) groups excluding carboxylic acids is 1. The smallest absolute Gasteiger partial charge is 0.244 e. The summed E-state index contributed by atoms with van der Waals surface area (Å²) in [5.74, 6) is 0.778. The molecule has 2 aromatic carbocycles. The van der Waals surface area contributed by atoms with E-state index >= 15 is 0 Å². The number of para-hydroxylation sites is 1. The van der Waals surface area contributed by atoms with Crippen molar-refractivity contribution < 1.29 is 17.9 Å². The molecule has 2 aliphatic heterocycles. The minimum atomic E-state index is -3.59. The van der Waals surface area contributed by atoms with Gasteiger partial charge in [0.15, 0.2) is 5.78 Å². The lowest BCUT2D eigenvalue weighted by Crippen LogP contribution is -2.43. The van der Waals surface area contributed by atoms with Gasteiger partial charge in [-0.3, -0.25) is 4.79 Å². The van der Waals surface area contributed by atoms with Crippen molar-refractivity contribution in [3.8, 4) is 5.75 Å². The van der Waals surface area contributed by atoms with Gasteiger partial charge in [-0.25, -0.2) is 8.42 Å². The highest BCUT2D eigenvalue weighted by Gasteiger charge is 2.35. The van der Waals surface area contributed by atoms with E-state index in [4.69, 9.17) is 4.74 Å². The van der Waals surface area contributed by atoms with Crippen molar-refractivity contribution in [3.63, 3.8) is 0 Å². The number of ketones is 1. The molecule has 166 valence electrons. The van der Waals surface area contributed by atoms with E-state index in [0.717, 1.165) is 38.2 Å². The highest BCUT2D eigenvalue weighted by atomic mass is 32.2. The zero-order valence-corrected chi connectivity index (χ0v) is 18.6. The molecule has 0 aliphatic carbocycles. The van der Waals surface area contributed by atoms with Crippen LogP contribution in [0.25, 0.3) is 0 Å². The second-order valence-corrected chi connectivity index (χ2v) is 9.49. The standard InChI is InChI=1S/C22H26N2O4S.C2H4/c25-21-17-24(29(26,27)22-10-5-4-9-20(21)22)14-6-13-23-15-11-19(12-16-23)28-18-7-2-1-3-8-18;1-2/h1-5,7-10,19H,6,11-17H2;1-2H2. The fourth-order valence-corrected chi connectivity index (χ4v) is 5.65. The van der Waals surface area contributed by atoms with Gasteiger partial charge in [-0.05, 0) is 50.1 Å². The van der Waals surface area contributed by atoms with E-state index in [0.29, 0.717) is 18.5 Å². The molecule has 0 N–H and O–H groups in total. The molecule has 31 heavy (non-hydrogen) atoms. The van der Waals surface area contributed by atoms with Gasteiger partial charge in [0, 0.05) is 25.2 Å². The van der Waals surface area contributed by atoms with Crippen LogP contribution < -0.4 is 4.74 Å². The number of likely N-dealkylation sites (tertiary alicyclic amines) is 1. The van der Waals surface area contributed by atoms with Crippen molar-refractivity contribution in [2.45, 2.75) is 30.3 Å². The highest BCUT2D eigenvalue weighted by molar-refractivity contribution is 7.89.